The summed E-state index contributed by atoms with van der Waals surface area (Å²) >= 11 is 0. The molecule has 0 nitrogen and oxygen atoms in total. The Morgan fingerprint density at radius 2 is 0.571 bits per heavy atom. The third kappa shape index (κ3) is 4.79. The molecule has 0 atom stereocenters. The molecule has 0 aliphatic heterocycles. The Balaban J connectivity index is 1.02. The summed E-state index contributed by atoms with van der Waals surface area (Å²) in [5.74, 6) is 0. The van der Waals surface area contributed by atoms with Crippen molar-refractivity contribution in [3.05, 3.63) is 206 Å². The molecule has 0 unspecified atom stereocenters. The number of hydrogen-bond acceptors (Lipinski definition) is 0. The molecule has 0 saturated heterocycles. The normalized spacial score (nSPS) is 16.4. The van der Waals surface area contributed by atoms with Crippen LogP contribution in [0.1, 0.15) is 24.7 Å². The highest BCUT2D eigenvalue weighted by Gasteiger charge is 2.15. The van der Waals surface area contributed by atoms with Gasteiger partial charge in [0.15, 0.2) is 0 Å². The third-order valence-corrected chi connectivity index (χ3v) is 10.7. The highest BCUT2D eigenvalue weighted by atomic mass is 14.2. The van der Waals surface area contributed by atoms with E-state index in [1.807, 2.05) is 72.8 Å². The van der Waals surface area contributed by atoms with E-state index in [4.69, 9.17) is 19.2 Å². The van der Waals surface area contributed by atoms with Gasteiger partial charge in [0.25, 0.3) is 0 Å². The molecule has 0 saturated carbocycles. The van der Waals surface area contributed by atoms with Crippen molar-refractivity contribution in [2.24, 2.45) is 0 Å². The molecular weight excluding hydrogens is 673 g/mol. The standard InChI is InChI=1S/C56H34/c1-2-6-35(7-3-1)46-32-47(36-12-16-38(17-13-36)49-28-24-44-22-20-40-8-4-10-42-26-30-51(49)55(44)53(40)42)34-48(33-46)37-14-18-39(19-15-37)50-29-25-45-23-21-41-9-5-11-43-27-31-52(50)56(45)54(41)43/h1-34H/i4D,5D,8D,9D,10D,11D,20D,21D,22D,23D,24D,25D,26D,27D,28D,29D,30D,31D. The summed E-state index contributed by atoms with van der Waals surface area (Å²) in [6, 6.07) is 22.3. The first-order chi connectivity index (χ1) is 35.3. The van der Waals surface area contributed by atoms with Gasteiger partial charge < -0.3 is 0 Å². The SMILES string of the molecule is [2H]c1c([2H])c2c([2H])c([2H])c3c([2H])c([2H])c(-c4ccc(-c5cc(-c6ccccc6)cc(-c6ccc(-c7c([2H])c([2H])c8c([2H])c([2H])c9c([2H])c([2H])c([2H])c%10c([2H])c([2H])c7c8c9%10)cc6)c5)cc4)c4c([2H])c([2H])c(c1[2H])c2c34. The van der Waals surface area contributed by atoms with Gasteiger partial charge in [-0.05, 0) is 138 Å². The molecule has 258 valence electrons. The smallest absolute Gasteiger partial charge is 0.0622 e. The van der Waals surface area contributed by atoms with Crippen LogP contribution in [0.5, 0.6) is 0 Å². The van der Waals surface area contributed by atoms with Crippen LogP contribution >= 0.6 is 0 Å². The molecule has 0 spiro atoms. The minimum Gasteiger partial charge on any atom is -0.0622 e. The Morgan fingerprint density at radius 3 is 0.982 bits per heavy atom. The van der Waals surface area contributed by atoms with Crippen molar-refractivity contribution >= 4 is 64.6 Å². The Labute approximate surface area is 350 Å². The van der Waals surface area contributed by atoms with Gasteiger partial charge in [-0.1, -0.05) is 188 Å². The minimum absolute atomic E-state index is 0.0747. The van der Waals surface area contributed by atoms with E-state index in [1.165, 1.54) is 0 Å². The predicted octanol–water partition coefficient (Wildman–Crippen LogP) is 15.8. The molecule has 12 rings (SSSR count). The van der Waals surface area contributed by atoms with Gasteiger partial charge in [0.05, 0.1) is 24.7 Å². The van der Waals surface area contributed by atoms with E-state index >= 15 is 0 Å². The molecule has 0 radical (unpaired) electrons. The van der Waals surface area contributed by atoms with Crippen molar-refractivity contribution in [3.63, 3.8) is 0 Å². The van der Waals surface area contributed by atoms with E-state index in [0.717, 1.165) is 33.4 Å². The van der Waals surface area contributed by atoms with E-state index in [9.17, 15) is 5.48 Å². The molecule has 0 amide bonds. The fourth-order valence-electron chi connectivity index (χ4n) is 7.97. The third-order valence-electron chi connectivity index (χ3n) is 10.7. The average molecular weight is 725 g/mol. The maximum Gasteiger partial charge on any atom is 0.0630 e. The topological polar surface area (TPSA) is 0 Å². The summed E-state index contributed by atoms with van der Waals surface area (Å²) in [5.41, 5.74) is 5.98. The van der Waals surface area contributed by atoms with E-state index in [0.29, 0.717) is 11.1 Å². The van der Waals surface area contributed by atoms with Crippen molar-refractivity contribution in [1.82, 2.24) is 0 Å². The molecule has 0 aromatic heterocycles. The van der Waals surface area contributed by atoms with Gasteiger partial charge in [-0.3, -0.25) is 0 Å². The van der Waals surface area contributed by atoms with Crippen molar-refractivity contribution in [1.29, 1.82) is 0 Å². The van der Waals surface area contributed by atoms with Gasteiger partial charge >= 0.3 is 0 Å². The van der Waals surface area contributed by atoms with Crippen molar-refractivity contribution in [3.8, 4) is 55.6 Å². The lowest BCUT2D eigenvalue weighted by Gasteiger charge is -2.15. The molecule has 0 aliphatic carbocycles. The van der Waals surface area contributed by atoms with Crippen LogP contribution in [-0.2, 0) is 0 Å². The van der Waals surface area contributed by atoms with Gasteiger partial charge in [-0.2, -0.15) is 0 Å². The Kier molecular flexibility index (Phi) is 3.97. The summed E-state index contributed by atoms with van der Waals surface area (Å²) in [6.45, 7) is 0. The second kappa shape index (κ2) is 12.1. The van der Waals surface area contributed by atoms with E-state index in [-0.39, 0.29) is 112 Å². The summed E-state index contributed by atoms with van der Waals surface area (Å²) < 4.78 is 161. The van der Waals surface area contributed by atoms with Crippen LogP contribution in [0.2, 0.25) is 0 Å². The van der Waals surface area contributed by atoms with Gasteiger partial charge in [-0.15, -0.1) is 0 Å². The van der Waals surface area contributed by atoms with Crippen LogP contribution in [0.4, 0.5) is 0 Å². The van der Waals surface area contributed by atoms with Crippen LogP contribution in [-0.4, -0.2) is 0 Å². The molecule has 0 N–H and O–H groups in total. The Bertz CT molecular complexity index is 4160. The zero-order valence-corrected chi connectivity index (χ0v) is 29.2. The van der Waals surface area contributed by atoms with Gasteiger partial charge in [-0.25, -0.2) is 0 Å². The quantitative estimate of drug-likeness (QED) is 0.155. The summed E-state index contributed by atoms with van der Waals surface area (Å²) in [6.07, 6.45) is 0. The molecule has 0 bridgehead atoms. The first-order valence-electron chi connectivity index (χ1n) is 27.0. The molecule has 12 aromatic rings. The Morgan fingerprint density at radius 1 is 0.250 bits per heavy atom. The fraction of sp³-hybridized carbons (Fsp3) is 0. The number of benzene rings is 12. The van der Waals surface area contributed by atoms with E-state index in [1.54, 1.807) is 24.3 Å². The van der Waals surface area contributed by atoms with Crippen LogP contribution < -0.4 is 0 Å². The van der Waals surface area contributed by atoms with Crippen LogP contribution in [0.15, 0.2) is 206 Å². The summed E-state index contributed by atoms with van der Waals surface area (Å²) in [7, 11) is 0. The number of hydrogen-bond donors (Lipinski definition) is 0. The fourth-order valence-corrected chi connectivity index (χ4v) is 7.97. The molecule has 56 heavy (non-hydrogen) atoms. The zero-order chi connectivity index (χ0) is 52.4. The van der Waals surface area contributed by atoms with Crippen LogP contribution in [0, 0.1) is 0 Å². The molecule has 0 heterocycles. The highest BCUT2D eigenvalue weighted by molar-refractivity contribution is 6.26. The van der Waals surface area contributed by atoms with E-state index < -0.39 is 72.5 Å². The lowest BCUT2D eigenvalue weighted by molar-refractivity contribution is 1.56. The van der Waals surface area contributed by atoms with Crippen molar-refractivity contribution < 1.29 is 24.7 Å². The zero-order valence-electron chi connectivity index (χ0n) is 47.2. The molecular formula is C56H34. The first kappa shape index (κ1) is 18.4. The van der Waals surface area contributed by atoms with Gasteiger partial charge in [0.2, 0.25) is 0 Å². The van der Waals surface area contributed by atoms with Crippen LogP contribution in [0.3, 0.4) is 0 Å². The van der Waals surface area contributed by atoms with E-state index in [2.05, 4.69) is 0 Å². The highest BCUT2D eigenvalue weighted by Crippen LogP contribution is 2.42. The van der Waals surface area contributed by atoms with Gasteiger partial charge in [0, 0.05) is 0 Å². The lowest BCUT2D eigenvalue weighted by Crippen LogP contribution is -1.89. The maximum absolute atomic E-state index is 9.26. The predicted molar refractivity (Wildman–Crippen MR) is 241 cm³/mol. The molecule has 0 fully saturated rings. The molecule has 12 aromatic carbocycles. The second-order valence-electron chi connectivity index (χ2n) is 13.8. The van der Waals surface area contributed by atoms with Crippen LogP contribution in [0.25, 0.3) is 120 Å². The number of rotatable bonds is 5. The summed E-state index contributed by atoms with van der Waals surface area (Å²) in [4.78, 5) is 0. The average Bonchev–Trinajstić information content (AvgIpc) is 3.45. The first-order valence-corrected chi connectivity index (χ1v) is 18.0. The summed E-state index contributed by atoms with van der Waals surface area (Å²) in [5, 5.41) is -0.120. The maximum atomic E-state index is 9.26. The van der Waals surface area contributed by atoms with Gasteiger partial charge in [0.1, 0.15) is 0 Å². The Hall–Kier alpha value is -7.28. The van der Waals surface area contributed by atoms with Crippen molar-refractivity contribution in [2.75, 3.05) is 0 Å². The van der Waals surface area contributed by atoms with Crippen molar-refractivity contribution in [2.45, 2.75) is 0 Å². The molecule has 0 heteroatoms. The monoisotopic (exact) mass is 724 g/mol. The minimum atomic E-state index is -0.538. The molecule has 0 aliphatic rings. The lowest BCUT2D eigenvalue weighted by atomic mass is 9.88. The largest absolute Gasteiger partial charge is 0.0630 e. The second-order valence-corrected chi connectivity index (χ2v) is 13.8.